The highest BCUT2D eigenvalue weighted by molar-refractivity contribution is 5.78. The lowest BCUT2D eigenvalue weighted by Crippen LogP contribution is -2.28. The molecule has 19 heavy (non-hydrogen) atoms. The Morgan fingerprint density at radius 2 is 1.84 bits per heavy atom. The first-order valence-electron chi connectivity index (χ1n) is 5.44. The van der Waals surface area contributed by atoms with Gasteiger partial charge in [-0.1, -0.05) is 0 Å². The van der Waals surface area contributed by atoms with E-state index in [1.807, 2.05) is 0 Å². The Bertz CT molecular complexity index is 471. The largest absolute Gasteiger partial charge is 0.481 e. The van der Waals surface area contributed by atoms with Crippen molar-refractivity contribution in [2.45, 2.75) is 25.8 Å². The second-order valence-corrected chi connectivity index (χ2v) is 3.63. The molecule has 0 saturated carbocycles. The fourth-order valence-corrected chi connectivity index (χ4v) is 1.24. The molecule has 1 aromatic heterocycles. The van der Waals surface area contributed by atoms with Gasteiger partial charge in [0.15, 0.2) is 5.82 Å². The van der Waals surface area contributed by atoms with Gasteiger partial charge in [-0.3, -0.25) is 14.4 Å². The van der Waals surface area contributed by atoms with E-state index in [9.17, 15) is 14.4 Å². The maximum atomic E-state index is 11.5. The van der Waals surface area contributed by atoms with Crippen LogP contribution in [0.1, 0.15) is 18.7 Å². The Balaban J connectivity index is 2.43. The first-order chi connectivity index (χ1) is 8.99. The van der Waals surface area contributed by atoms with E-state index in [0.717, 1.165) is 0 Å². The number of nitrogens with one attached hydrogen (secondary N) is 1. The van der Waals surface area contributed by atoms with Gasteiger partial charge in [0.05, 0.1) is 25.8 Å². The summed E-state index contributed by atoms with van der Waals surface area (Å²) in [5.74, 6) is -2.19. The molecular weight excluding hydrogens is 258 g/mol. The molecule has 0 radical (unpaired) electrons. The van der Waals surface area contributed by atoms with Gasteiger partial charge in [-0.15, -0.1) is 5.10 Å². The van der Waals surface area contributed by atoms with E-state index in [0.29, 0.717) is 0 Å². The third-order valence-corrected chi connectivity index (χ3v) is 2.12. The highest BCUT2D eigenvalue weighted by Gasteiger charge is 2.12. The number of carboxylic acid groups (broad SMARTS) is 2. The summed E-state index contributed by atoms with van der Waals surface area (Å²) in [6.07, 6.45) is -0.458. The molecule has 0 bridgehead atoms. The fraction of sp³-hybridized carbons (Fsp3) is 0.556. The van der Waals surface area contributed by atoms with Crippen molar-refractivity contribution in [3.63, 3.8) is 0 Å². The van der Waals surface area contributed by atoms with Crippen LogP contribution in [0.2, 0.25) is 0 Å². The monoisotopic (exact) mass is 271 g/mol. The number of aliphatic carboxylic acids is 2. The third-order valence-electron chi connectivity index (χ3n) is 2.12. The zero-order valence-corrected chi connectivity index (χ0v) is 9.94. The van der Waals surface area contributed by atoms with Crippen LogP contribution < -0.4 is 5.32 Å². The number of hydrogen-bond donors (Lipinski definition) is 3. The van der Waals surface area contributed by atoms with Crippen molar-refractivity contribution in [3.8, 4) is 0 Å². The van der Waals surface area contributed by atoms with Crippen LogP contribution in [-0.4, -0.2) is 54.8 Å². The number of carboxylic acids is 2. The van der Waals surface area contributed by atoms with E-state index in [4.69, 9.17) is 10.2 Å². The van der Waals surface area contributed by atoms with E-state index >= 15 is 0 Å². The van der Waals surface area contributed by atoms with Crippen LogP contribution in [-0.2, 0) is 27.3 Å². The first-order valence-corrected chi connectivity index (χ1v) is 5.44. The van der Waals surface area contributed by atoms with Gasteiger partial charge in [0, 0.05) is 6.54 Å². The normalized spacial score (nSPS) is 10.1. The molecule has 3 N–H and O–H groups in total. The quantitative estimate of drug-likeness (QED) is 0.505. The molecule has 0 aliphatic rings. The number of rotatable bonds is 8. The van der Waals surface area contributed by atoms with Crippen LogP contribution in [0.3, 0.4) is 0 Å². The summed E-state index contributed by atoms with van der Waals surface area (Å²) in [5, 5.41) is 29.9. The Morgan fingerprint density at radius 3 is 2.47 bits per heavy atom. The lowest BCUT2D eigenvalue weighted by molar-refractivity contribution is -0.138. The summed E-state index contributed by atoms with van der Waals surface area (Å²) in [5.41, 5.74) is 0. The molecular formula is C9H13N5O5. The van der Waals surface area contributed by atoms with Crippen molar-refractivity contribution >= 4 is 17.8 Å². The third kappa shape index (κ3) is 5.57. The molecule has 0 unspecified atom stereocenters. The molecule has 0 aliphatic carbocycles. The minimum absolute atomic E-state index is 0.0187. The van der Waals surface area contributed by atoms with Gasteiger partial charge < -0.3 is 15.5 Å². The second kappa shape index (κ2) is 7.03. The molecule has 1 rings (SSSR count). The Labute approximate surface area is 107 Å². The van der Waals surface area contributed by atoms with Crippen molar-refractivity contribution in [2.24, 2.45) is 0 Å². The smallest absolute Gasteiger partial charge is 0.305 e. The molecule has 0 aliphatic heterocycles. The number of aromatic nitrogens is 4. The summed E-state index contributed by atoms with van der Waals surface area (Å²) in [6, 6.07) is 0. The number of nitrogens with zero attached hydrogens (tertiary/aromatic N) is 4. The summed E-state index contributed by atoms with van der Waals surface area (Å²) in [6.45, 7) is 0.0882. The molecule has 104 valence electrons. The van der Waals surface area contributed by atoms with Gasteiger partial charge in [-0.2, -0.15) is 0 Å². The minimum Gasteiger partial charge on any atom is -0.481 e. The lowest BCUT2D eigenvalue weighted by atomic mass is 10.3. The summed E-state index contributed by atoms with van der Waals surface area (Å²) in [4.78, 5) is 32.1. The van der Waals surface area contributed by atoms with Crippen LogP contribution in [0.15, 0.2) is 0 Å². The van der Waals surface area contributed by atoms with E-state index in [1.165, 1.54) is 4.68 Å². The standard InChI is InChI=1S/C9H13N5O5/c15-7(10-3-1-8(16)17)5-6-11-12-13-14(6)4-2-9(18)19/h1-5H2,(H,10,15)(H,16,17)(H,18,19). The Morgan fingerprint density at radius 1 is 1.16 bits per heavy atom. The molecule has 0 spiro atoms. The molecule has 1 amide bonds. The highest BCUT2D eigenvalue weighted by atomic mass is 16.4. The molecule has 0 saturated heterocycles. The van der Waals surface area contributed by atoms with Crippen molar-refractivity contribution < 1.29 is 24.6 Å². The van der Waals surface area contributed by atoms with Gasteiger partial charge >= 0.3 is 11.9 Å². The van der Waals surface area contributed by atoms with E-state index in [1.54, 1.807) is 0 Å². The predicted octanol–water partition coefficient (Wildman–Crippen LogP) is -1.72. The first kappa shape index (κ1) is 14.5. The highest BCUT2D eigenvalue weighted by Crippen LogP contribution is 1.96. The van der Waals surface area contributed by atoms with E-state index < -0.39 is 17.8 Å². The van der Waals surface area contributed by atoms with Crippen molar-refractivity contribution in [3.05, 3.63) is 5.82 Å². The molecule has 10 nitrogen and oxygen atoms in total. The predicted molar refractivity (Wildman–Crippen MR) is 59.0 cm³/mol. The van der Waals surface area contributed by atoms with Crippen molar-refractivity contribution in [1.29, 1.82) is 0 Å². The van der Waals surface area contributed by atoms with Crippen LogP contribution >= 0.6 is 0 Å². The Kier molecular flexibility index (Phi) is 5.38. The van der Waals surface area contributed by atoms with Crippen LogP contribution in [0, 0.1) is 0 Å². The number of amides is 1. The van der Waals surface area contributed by atoms with Gasteiger partial charge in [0.25, 0.3) is 0 Å². The summed E-state index contributed by atoms with van der Waals surface area (Å²) in [7, 11) is 0. The number of hydrogen-bond acceptors (Lipinski definition) is 6. The fourth-order valence-electron chi connectivity index (χ4n) is 1.24. The number of carbonyl (C=O) groups is 3. The van der Waals surface area contributed by atoms with E-state index in [-0.39, 0.29) is 38.2 Å². The molecule has 1 aromatic rings. The number of aryl methyl sites for hydroxylation is 1. The average molecular weight is 271 g/mol. The SMILES string of the molecule is O=C(O)CCNC(=O)Cc1nnnn1CCC(=O)O. The molecule has 0 aromatic carbocycles. The maximum Gasteiger partial charge on any atom is 0.305 e. The topological polar surface area (TPSA) is 147 Å². The van der Waals surface area contributed by atoms with Gasteiger partial charge in [-0.05, 0) is 10.4 Å². The second-order valence-electron chi connectivity index (χ2n) is 3.63. The molecule has 0 fully saturated rings. The van der Waals surface area contributed by atoms with Crippen molar-refractivity contribution in [1.82, 2.24) is 25.5 Å². The van der Waals surface area contributed by atoms with Crippen molar-refractivity contribution in [2.75, 3.05) is 6.54 Å². The lowest BCUT2D eigenvalue weighted by Gasteiger charge is -2.04. The van der Waals surface area contributed by atoms with Crippen LogP contribution in [0.25, 0.3) is 0 Å². The molecule has 0 atom stereocenters. The zero-order valence-electron chi connectivity index (χ0n) is 9.94. The van der Waals surface area contributed by atoms with Gasteiger partial charge in [-0.25, -0.2) is 4.68 Å². The minimum atomic E-state index is -1.01. The van der Waals surface area contributed by atoms with Crippen LogP contribution in [0.5, 0.6) is 0 Å². The molecule has 10 heteroatoms. The molecule has 1 heterocycles. The maximum absolute atomic E-state index is 11.5. The number of carbonyl (C=O) groups excluding carboxylic acids is 1. The summed E-state index contributed by atoms with van der Waals surface area (Å²) >= 11 is 0. The van der Waals surface area contributed by atoms with Gasteiger partial charge in [0.2, 0.25) is 5.91 Å². The average Bonchev–Trinajstić information content (AvgIpc) is 2.73. The Hall–Kier alpha value is -2.52. The van der Waals surface area contributed by atoms with Crippen LogP contribution in [0.4, 0.5) is 0 Å². The number of tetrazole rings is 1. The summed E-state index contributed by atoms with van der Waals surface area (Å²) < 4.78 is 1.23. The van der Waals surface area contributed by atoms with Gasteiger partial charge in [0.1, 0.15) is 0 Å². The van der Waals surface area contributed by atoms with E-state index in [2.05, 4.69) is 20.8 Å². The zero-order chi connectivity index (χ0) is 14.3.